The van der Waals surface area contributed by atoms with Crippen molar-refractivity contribution in [2.45, 2.75) is 31.9 Å². The van der Waals surface area contributed by atoms with E-state index in [0.717, 1.165) is 5.56 Å². The minimum absolute atomic E-state index is 0. The summed E-state index contributed by atoms with van der Waals surface area (Å²) >= 11 is 0. The van der Waals surface area contributed by atoms with Gasteiger partial charge in [0.2, 0.25) is 11.8 Å². The van der Waals surface area contributed by atoms with Crippen molar-refractivity contribution in [1.82, 2.24) is 4.90 Å². The van der Waals surface area contributed by atoms with E-state index in [9.17, 15) is 24.6 Å². The molecule has 1 aromatic rings. The smallest absolute Gasteiger partial charge is 0.543 e. The van der Waals surface area contributed by atoms with Gasteiger partial charge in [-0.3, -0.25) is 9.59 Å². The van der Waals surface area contributed by atoms with Gasteiger partial charge in [-0.25, -0.2) is 0 Å². The van der Waals surface area contributed by atoms with Crippen LogP contribution >= 0.6 is 0 Å². The number of aliphatic carboxylic acids is 1. The number of carbonyl (C=O) groups is 3. The molecule has 1 saturated heterocycles. The molecule has 2 aliphatic rings. The second-order valence-electron chi connectivity index (χ2n) is 6.20. The number of benzene rings is 1. The summed E-state index contributed by atoms with van der Waals surface area (Å²) in [5, 5.41) is 21.2. The van der Waals surface area contributed by atoms with Gasteiger partial charge in [-0.15, -0.1) is 0 Å². The van der Waals surface area contributed by atoms with Gasteiger partial charge in [0.1, 0.15) is 0 Å². The Hall–Kier alpha value is -1.67. The molecule has 3 atom stereocenters. The third-order valence-electron chi connectivity index (χ3n) is 4.60. The van der Waals surface area contributed by atoms with Gasteiger partial charge >= 0.3 is 29.6 Å². The van der Waals surface area contributed by atoms with Crippen LogP contribution in [0.1, 0.15) is 24.5 Å². The van der Waals surface area contributed by atoms with E-state index in [1.54, 1.807) is 24.3 Å². The van der Waals surface area contributed by atoms with Gasteiger partial charge < -0.3 is 25.6 Å². The quantitative estimate of drug-likeness (QED) is 0.411. The Labute approximate surface area is 166 Å². The zero-order valence-electron chi connectivity index (χ0n) is 14.1. The molecule has 0 saturated carbocycles. The van der Waals surface area contributed by atoms with Crippen LogP contribution in [0.4, 0.5) is 0 Å². The second-order valence-corrected chi connectivity index (χ2v) is 6.20. The average Bonchev–Trinajstić information content (AvgIpc) is 2.82. The molecule has 25 heavy (non-hydrogen) atoms. The second kappa shape index (κ2) is 7.29. The maximum atomic E-state index is 12.1. The zero-order valence-corrected chi connectivity index (χ0v) is 16.1. The van der Waals surface area contributed by atoms with E-state index in [1.165, 1.54) is 11.8 Å². The number of hydrogen-bond acceptors (Lipinski definition) is 5. The number of carboxylic acids is 1. The molecule has 3 rings (SSSR count). The van der Waals surface area contributed by atoms with Gasteiger partial charge in [0.15, 0.2) is 0 Å². The van der Waals surface area contributed by atoms with Gasteiger partial charge in [-0.1, -0.05) is 24.3 Å². The van der Waals surface area contributed by atoms with Crippen molar-refractivity contribution in [3.63, 3.8) is 0 Å². The van der Waals surface area contributed by atoms with E-state index in [1.807, 2.05) is 0 Å². The third-order valence-corrected chi connectivity index (χ3v) is 4.60. The summed E-state index contributed by atoms with van der Waals surface area (Å²) in [6.45, 7) is 1.52. The molecular weight excluding hydrogens is 335 g/mol. The summed E-state index contributed by atoms with van der Waals surface area (Å²) in [4.78, 5) is 35.8. The Balaban J connectivity index is 0.00000225. The van der Waals surface area contributed by atoms with E-state index < -0.39 is 29.8 Å². The van der Waals surface area contributed by atoms with Crippen molar-refractivity contribution in [3.8, 4) is 0 Å². The largest absolute Gasteiger partial charge is 1.00 e. The Morgan fingerprint density at radius 3 is 2.44 bits per heavy atom. The first-order chi connectivity index (χ1) is 11.3. The maximum Gasteiger partial charge on any atom is 1.00 e. The van der Waals surface area contributed by atoms with E-state index in [0.29, 0.717) is 17.6 Å². The summed E-state index contributed by atoms with van der Waals surface area (Å²) in [6, 6.07) is 6.44. The van der Waals surface area contributed by atoms with Crippen LogP contribution < -0.4 is 40.4 Å². The fourth-order valence-electron chi connectivity index (χ4n) is 3.54. The molecule has 3 N–H and O–H groups in total. The molecule has 8 heteroatoms. The van der Waals surface area contributed by atoms with Crippen LogP contribution in [0.2, 0.25) is 0 Å². The summed E-state index contributed by atoms with van der Waals surface area (Å²) in [7, 11) is 0. The monoisotopic (exact) mass is 352 g/mol. The number of primary amides is 1. The summed E-state index contributed by atoms with van der Waals surface area (Å²) in [5.74, 6) is -2.85. The van der Waals surface area contributed by atoms with Gasteiger partial charge in [0.25, 0.3) is 0 Å². The molecule has 0 spiro atoms. The topological polar surface area (TPSA) is 124 Å². The molecule has 0 radical (unpaired) electrons. The number of nitrogens with two attached hydrogens (primary N) is 1. The van der Waals surface area contributed by atoms with E-state index >= 15 is 0 Å². The van der Waals surface area contributed by atoms with Crippen LogP contribution in [0, 0.1) is 5.92 Å². The molecule has 1 fully saturated rings. The first-order valence-corrected chi connectivity index (χ1v) is 7.64. The van der Waals surface area contributed by atoms with Crippen LogP contribution in [-0.4, -0.2) is 39.9 Å². The number of hydrogen-bond donors (Lipinski definition) is 2. The van der Waals surface area contributed by atoms with Gasteiger partial charge in [-0.05, 0) is 30.0 Å². The molecule has 2 heterocycles. The summed E-state index contributed by atoms with van der Waals surface area (Å²) < 4.78 is 0. The van der Waals surface area contributed by atoms with Crippen molar-refractivity contribution in [1.29, 1.82) is 0 Å². The molecule has 7 nitrogen and oxygen atoms in total. The molecule has 1 aromatic carbocycles. The molecule has 2 aliphatic heterocycles. The van der Waals surface area contributed by atoms with Gasteiger partial charge in [0.05, 0.1) is 36.2 Å². The van der Waals surface area contributed by atoms with Crippen LogP contribution in [0.5, 0.6) is 0 Å². The number of β-lactam (4-membered cyclic amide) rings is 1. The molecular formula is C17H17N2NaO5. The number of aliphatic hydroxyl groups excluding tert-OH is 1. The Morgan fingerprint density at radius 2 is 1.96 bits per heavy atom. The van der Waals surface area contributed by atoms with E-state index in [-0.39, 0.29) is 47.7 Å². The summed E-state index contributed by atoms with van der Waals surface area (Å²) in [5.41, 5.74) is 6.89. The first kappa shape index (κ1) is 19.7. The number of carboxylic acid groups (broad SMARTS) is 1. The van der Waals surface area contributed by atoms with E-state index in [4.69, 9.17) is 5.73 Å². The predicted octanol–water partition coefficient (Wildman–Crippen LogP) is -4.21. The molecule has 2 amide bonds. The van der Waals surface area contributed by atoms with E-state index in [2.05, 4.69) is 0 Å². The fraction of sp³-hybridized carbons (Fsp3) is 0.353. The number of rotatable bonds is 5. The van der Waals surface area contributed by atoms with Crippen molar-refractivity contribution in [2.75, 3.05) is 0 Å². The minimum Gasteiger partial charge on any atom is -0.543 e. The van der Waals surface area contributed by atoms with Crippen molar-refractivity contribution in [3.05, 3.63) is 41.1 Å². The first-order valence-electron chi connectivity index (χ1n) is 7.64. The van der Waals surface area contributed by atoms with Crippen LogP contribution in [-0.2, 0) is 20.8 Å². The van der Waals surface area contributed by atoms with Gasteiger partial charge in [-0.2, -0.15) is 0 Å². The number of carbonyl (C=O) groups excluding carboxylic acids is 3. The molecule has 0 aliphatic carbocycles. The predicted molar refractivity (Wildman–Crippen MR) is 81.7 cm³/mol. The number of amides is 2. The Kier molecular flexibility index (Phi) is 5.73. The standard InChI is InChI=1S/C17H18N2O5.Na/c1-8(20)14-12-7-11(15(17(23)24)19(12)16(14)22)10-4-2-9(3-5-10)6-13(18)21;/h2-5,8,12,14,20H,6-7H2,1H3,(H2,18,21)(H,23,24);/q;+1/p-1/t8-,12-,14-;/m1./s1. The Morgan fingerprint density at radius 1 is 1.36 bits per heavy atom. The molecule has 126 valence electrons. The summed E-state index contributed by atoms with van der Waals surface area (Å²) in [6.07, 6.45) is -0.386. The van der Waals surface area contributed by atoms with Crippen LogP contribution in [0.3, 0.4) is 0 Å². The van der Waals surface area contributed by atoms with Crippen LogP contribution in [0.15, 0.2) is 30.0 Å². The number of aliphatic hydroxyl groups is 1. The number of nitrogens with zero attached hydrogens (tertiary/aromatic N) is 1. The number of fused-ring (bicyclic) bond motifs is 1. The average molecular weight is 352 g/mol. The maximum absolute atomic E-state index is 12.1. The van der Waals surface area contributed by atoms with Crippen molar-refractivity contribution in [2.24, 2.45) is 11.7 Å². The van der Waals surface area contributed by atoms with Crippen molar-refractivity contribution >= 4 is 23.4 Å². The minimum atomic E-state index is -1.41. The van der Waals surface area contributed by atoms with Crippen molar-refractivity contribution < 1.29 is 54.2 Å². The molecule has 0 unspecified atom stereocenters. The van der Waals surface area contributed by atoms with Crippen LogP contribution in [0.25, 0.3) is 5.57 Å². The molecule has 0 bridgehead atoms. The third kappa shape index (κ3) is 3.37. The SMILES string of the molecule is C[C@@H](O)[C@H]1C(=O)N2C(C(=O)[O-])=C(c3ccc(CC(N)=O)cc3)C[C@H]12.[Na+]. The fourth-order valence-corrected chi connectivity index (χ4v) is 3.54. The zero-order chi connectivity index (χ0) is 17.6. The normalized spacial score (nSPS) is 22.8. The Bertz CT molecular complexity index is 757. The molecule has 0 aromatic heterocycles. The van der Waals surface area contributed by atoms with Gasteiger partial charge in [0, 0.05) is 0 Å².